The molecule has 3 nitrogen and oxygen atoms in total. The molecule has 3 saturated carbocycles. The third kappa shape index (κ3) is 4.00. The quantitative estimate of drug-likeness (QED) is 0.415. The van der Waals surface area contributed by atoms with Gasteiger partial charge in [-0.3, -0.25) is 4.90 Å². The third-order valence-electron chi connectivity index (χ3n) is 13.1. The number of hydrogen-bond acceptors (Lipinski definition) is 3. The number of fused-ring (bicyclic) bond motifs is 6. The van der Waals surface area contributed by atoms with Crippen molar-refractivity contribution in [2.45, 2.75) is 122 Å². The molecule has 4 aliphatic carbocycles. The molecule has 3 heteroatoms. The van der Waals surface area contributed by atoms with E-state index in [1.165, 1.54) is 57.1 Å². The maximum absolute atomic E-state index is 10.4. The molecule has 38 heavy (non-hydrogen) atoms. The van der Waals surface area contributed by atoms with Crippen LogP contribution in [-0.4, -0.2) is 40.4 Å². The largest absolute Gasteiger partial charge is 0.393 e. The van der Waals surface area contributed by atoms with E-state index in [2.05, 4.69) is 62.9 Å². The Labute approximate surface area is 231 Å². The lowest BCUT2D eigenvalue weighted by Gasteiger charge is -2.53. The van der Waals surface area contributed by atoms with E-state index in [-0.39, 0.29) is 11.7 Å². The summed E-state index contributed by atoms with van der Waals surface area (Å²) in [4.78, 5) is 2.79. The molecule has 2 aliphatic heterocycles. The highest BCUT2D eigenvalue weighted by atomic mass is 16.5. The van der Waals surface area contributed by atoms with Gasteiger partial charge in [0.1, 0.15) is 0 Å². The predicted octanol–water partition coefficient (Wildman–Crippen LogP) is 7.38. The van der Waals surface area contributed by atoms with Crippen molar-refractivity contribution >= 4 is 0 Å². The summed E-state index contributed by atoms with van der Waals surface area (Å²) in [7, 11) is 0. The second kappa shape index (κ2) is 9.45. The molecule has 1 aromatic rings. The van der Waals surface area contributed by atoms with Crippen LogP contribution >= 0.6 is 0 Å². The molecule has 0 aromatic heterocycles. The van der Waals surface area contributed by atoms with Gasteiger partial charge in [0.2, 0.25) is 0 Å². The average molecular weight is 518 g/mol. The molecule has 11 atom stereocenters. The van der Waals surface area contributed by atoms with E-state index in [1.54, 1.807) is 5.57 Å². The Morgan fingerprint density at radius 3 is 2.66 bits per heavy atom. The molecule has 2 saturated heterocycles. The zero-order valence-electron chi connectivity index (χ0n) is 24.4. The van der Waals surface area contributed by atoms with Crippen molar-refractivity contribution in [3.05, 3.63) is 47.0 Å². The summed E-state index contributed by atoms with van der Waals surface area (Å²) in [6, 6.07) is 11.6. The van der Waals surface area contributed by atoms with Crippen LogP contribution in [0.1, 0.15) is 97.5 Å². The van der Waals surface area contributed by atoms with Crippen LogP contribution in [0.15, 0.2) is 41.5 Å². The lowest BCUT2D eigenvalue weighted by atomic mass is 9.52. The standard InChI is InChI=1S/C35H51NO2/c1-22-16-32-33(36(20-22)21-25-8-6-5-7-9-25)24(3)35(38-32)15-13-28-29-11-10-26-17-27(37)12-14-34(26,4)31(29)18-30(28)23(2)19-35/h5-9,22,24,26-29,31-33,37H,10-21H2,1-4H3/t22-,24+,26-,27+,28-,29-,31-,32+,33-,34-,35-/m0/s1. The highest BCUT2D eigenvalue weighted by molar-refractivity contribution is 5.29. The molecule has 1 aromatic carbocycles. The average Bonchev–Trinajstić information content (AvgIpc) is 3.35. The molecule has 6 aliphatic rings. The first-order valence-electron chi connectivity index (χ1n) is 16.1. The third-order valence-corrected chi connectivity index (χ3v) is 13.1. The number of benzene rings is 1. The summed E-state index contributed by atoms with van der Waals surface area (Å²) < 4.78 is 7.31. The van der Waals surface area contributed by atoms with Gasteiger partial charge in [-0.25, -0.2) is 0 Å². The Hall–Kier alpha value is -1.16. The van der Waals surface area contributed by atoms with Gasteiger partial charge >= 0.3 is 0 Å². The Morgan fingerprint density at radius 2 is 1.84 bits per heavy atom. The summed E-state index contributed by atoms with van der Waals surface area (Å²) in [6.45, 7) is 12.3. The van der Waals surface area contributed by atoms with Crippen LogP contribution in [0.5, 0.6) is 0 Å². The first kappa shape index (κ1) is 25.8. The van der Waals surface area contributed by atoms with E-state index in [0.717, 1.165) is 49.5 Å². The van der Waals surface area contributed by atoms with Crippen LogP contribution in [-0.2, 0) is 11.3 Å². The molecule has 7 rings (SSSR count). The summed E-state index contributed by atoms with van der Waals surface area (Å²) in [5.74, 6) is 4.48. The molecule has 2 heterocycles. The molecule has 0 bridgehead atoms. The first-order chi connectivity index (χ1) is 18.3. The zero-order valence-corrected chi connectivity index (χ0v) is 24.4. The number of ether oxygens (including phenoxy) is 1. The second-order valence-electron chi connectivity index (χ2n) is 15.1. The molecule has 1 N–H and O–H groups in total. The molecule has 0 amide bonds. The molecule has 208 valence electrons. The van der Waals surface area contributed by atoms with Gasteiger partial charge < -0.3 is 9.84 Å². The Morgan fingerprint density at radius 1 is 1.03 bits per heavy atom. The van der Waals surface area contributed by atoms with Crippen LogP contribution in [0.3, 0.4) is 0 Å². The van der Waals surface area contributed by atoms with E-state index in [4.69, 9.17) is 4.74 Å². The molecule has 0 radical (unpaired) electrons. The molecular weight excluding hydrogens is 466 g/mol. The van der Waals surface area contributed by atoms with E-state index in [0.29, 0.717) is 29.4 Å². The van der Waals surface area contributed by atoms with Gasteiger partial charge in [-0.1, -0.05) is 62.2 Å². The lowest BCUT2D eigenvalue weighted by Crippen LogP contribution is -2.51. The number of nitrogens with zero attached hydrogens (tertiary/aromatic N) is 1. The van der Waals surface area contributed by atoms with Crippen molar-refractivity contribution in [2.75, 3.05) is 6.54 Å². The SMILES string of the molecule is CC1=C2C[C@H]3[C@@H](CC[C@H]4C[C@H](O)CC[C@@]43C)[C@@H]2CC[C@@]2(C1)O[C@@H]1C[C@H](C)CN(Cc3ccccc3)[C@H]1[C@H]2C. The highest BCUT2D eigenvalue weighted by Gasteiger charge is 2.60. The summed E-state index contributed by atoms with van der Waals surface area (Å²) in [5.41, 5.74) is 5.42. The minimum absolute atomic E-state index is 0.0152. The fraction of sp³-hybridized carbons (Fsp3) is 0.771. The van der Waals surface area contributed by atoms with Crippen LogP contribution in [0.4, 0.5) is 0 Å². The van der Waals surface area contributed by atoms with Gasteiger partial charge in [0.25, 0.3) is 0 Å². The normalized spacial score (nSPS) is 48.8. The van der Waals surface area contributed by atoms with E-state index < -0.39 is 0 Å². The molecule has 5 fully saturated rings. The summed E-state index contributed by atoms with van der Waals surface area (Å²) in [6.07, 6.45) is 12.6. The Kier molecular flexibility index (Phi) is 6.41. The van der Waals surface area contributed by atoms with Gasteiger partial charge in [0.05, 0.1) is 17.8 Å². The van der Waals surface area contributed by atoms with Crippen LogP contribution < -0.4 is 0 Å². The fourth-order valence-corrected chi connectivity index (χ4v) is 11.2. The van der Waals surface area contributed by atoms with Gasteiger partial charge in [-0.2, -0.15) is 0 Å². The van der Waals surface area contributed by atoms with Crippen molar-refractivity contribution in [1.29, 1.82) is 0 Å². The first-order valence-corrected chi connectivity index (χ1v) is 16.1. The summed E-state index contributed by atoms with van der Waals surface area (Å²) >= 11 is 0. The van der Waals surface area contributed by atoms with Crippen LogP contribution in [0, 0.1) is 40.9 Å². The number of aliphatic hydroxyl groups is 1. The Bertz CT molecular complexity index is 1070. The minimum atomic E-state index is -0.0500. The van der Waals surface area contributed by atoms with Crippen molar-refractivity contribution in [3.63, 3.8) is 0 Å². The lowest BCUT2D eigenvalue weighted by molar-refractivity contribution is -0.0843. The zero-order chi connectivity index (χ0) is 26.2. The highest BCUT2D eigenvalue weighted by Crippen LogP contribution is 2.65. The topological polar surface area (TPSA) is 32.7 Å². The van der Waals surface area contributed by atoms with E-state index in [1.807, 2.05) is 5.57 Å². The molecule has 0 unspecified atom stereocenters. The maximum Gasteiger partial charge on any atom is 0.0765 e. The number of hydrogen-bond donors (Lipinski definition) is 1. The monoisotopic (exact) mass is 517 g/mol. The van der Waals surface area contributed by atoms with Gasteiger partial charge in [0.15, 0.2) is 0 Å². The molecule has 1 spiro atoms. The number of aliphatic hydroxyl groups excluding tert-OH is 1. The smallest absolute Gasteiger partial charge is 0.0765 e. The fourth-order valence-electron chi connectivity index (χ4n) is 11.2. The molecular formula is C35H51NO2. The number of piperidine rings is 1. The van der Waals surface area contributed by atoms with E-state index >= 15 is 0 Å². The van der Waals surface area contributed by atoms with Gasteiger partial charge in [-0.15, -0.1) is 0 Å². The number of allylic oxidation sites excluding steroid dienone is 1. The Balaban J connectivity index is 1.15. The maximum atomic E-state index is 10.4. The predicted molar refractivity (Wildman–Crippen MR) is 154 cm³/mol. The van der Waals surface area contributed by atoms with Crippen molar-refractivity contribution in [2.24, 2.45) is 40.9 Å². The number of likely N-dealkylation sites (tertiary alicyclic amines) is 1. The van der Waals surface area contributed by atoms with Crippen molar-refractivity contribution < 1.29 is 9.84 Å². The van der Waals surface area contributed by atoms with Crippen LogP contribution in [0.25, 0.3) is 0 Å². The second-order valence-corrected chi connectivity index (χ2v) is 15.1. The van der Waals surface area contributed by atoms with E-state index in [9.17, 15) is 5.11 Å². The van der Waals surface area contributed by atoms with Crippen LogP contribution in [0.2, 0.25) is 0 Å². The number of rotatable bonds is 2. The summed E-state index contributed by atoms with van der Waals surface area (Å²) in [5, 5.41) is 10.4. The van der Waals surface area contributed by atoms with Gasteiger partial charge in [-0.05, 0) is 112 Å². The van der Waals surface area contributed by atoms with Crippen molar-refractivity contribution in [3.8, 4) is 0 Å². The van der Waals surface area contributed by atoms with Crippen molar-refractivity contribution in [1.82, 2.24) is 4.90 Å². The van der Waals surface area contributed by atoms with Gasteiger partial charge in [0, 0.05) is 25.0 Å². The minimum Gasteiger partial charge on any atom is -0.393 e.